The summed E-state index contributed by atoms with van der Waals surface area (Å²) in [5.41, 5.74) is 1.19. The second kappa shape index (κ2) is 9.33. The smallest absolute Gasteiger partial charge is 0.148 e. The molecule has 0 radical (unpaired) electrons. The SMILES string of the molecule is CCCOc1ccc(C(CSCCS(C)(=O)=O)NC)cc1. The maximum absolute atomic E-state index is 11.1. The van der Waals surface area contributed by atoms with Crippen LogP contribution in [0.4, 0.5) is 0 Å². The summed E-state index contributed by atoms with van der Waals surface area (Å²) in [5.74, 6) is 2.61. The zero-order valence-electron chi connectivity index (χ0n) is 13.0. The maximum Gasteiger partial charge on any atom is 0.148 e. The molecule has 0 aliphatic carbocycles. The van der Waals surface area contributed by atoms with Gasteiger partial charge in [-0.05, 0) is 31.2 Å². The highest BCUT2D eigenvalue weighted by atomic mass is 32.2. The molecule has 0 spiro atoms. The van der Waals surface area contributed by atoms with Gasteiger partial charge in [-0.25, -0.2) is 8.42 Å². The molecule has 0 bridgehead atoms. The third kappa shape index (κ3) is 7.74. The highest BCUT2D eigenvalue weighted by Crippen LogP contribution is 2.21. The summed E-state index contributed by atoms with van der Waals surface area (Å²) < 4.78 is 27.8. The van der Waals surface area contributed by atoms with Gasteiger partial charge in [-0.1, -0.05) is 19.1 Å². The van der Waals surface area contributed by atoms with E-state index >= 15 is 0 Å². The van der Waals surface area contributed by atoms with E-state index < -0.39 is 9.84 Å². The zero-order valence-corrected chi connectivity index (χ0v) is 14.6. The van der Waals surface area contributed by atoms with Crippen LogP contribution in [0, 0.1) is 0 Å². The molecule has 0 saturated carbocycles. The van der Waals surface area contributed by atoms with Crippen molar-refractivity contribution in [3.8, 4) is 5.75 Å². The van der Waals surface area contributed by atoms with Crippen LogP contribution in [0.25, 0.3) is 0 Å². The molecule has 0 saturated heterocycles. The van der Waals surface area contributed by atoms with E-state index in [-0.39, 0.29) is 11.8 Å². The minimum Gasteiger partial charge on any atom is -0.494 e. The Morgan fingerprint density at radius 1 is 1.29 bits per heavy atom. The summed E-state index contributed by atoms with van der Waals surface area (Å²) in [5, 5.41) is 3.27. The third-order valence-electron chi connectivity index (χ3n) is 2.99. The molecule has 120 valence electrons. The molecule has 21 heavy (non-hydrogen) atoms. The summed E-state index contributed by atoms with van der Waals surface area (Å²) >= 11 is 1.65. The molecule has 0 heterocycles. The van der Waals surface area contributed by atoms with Gasteiger partial charge >= 0.3 is 0 Å². The molecule has 1 aromatic rings. The number of ether oxygens (including phenoxy) is 1. The van der Waals surface area contributed by atoms with Crippen molar-refractivity contribution in [2.75, 3.05) is 37.2 Å². The van der Waals surface area contributed by atoms with E-state index in [0.717, 1.165) is 24.5 Å². The van der Waals surface area contributed by atoms with Gasteiger partial charge < -0.3 is 10.1 Å². The Morgan fingerprint density at radius 2 is 1.95 bits per heavy atom. The lowest BCUT2D eigenvalue weighted by Crippen LogP contribution is -2.19. The molecule has 1 aromatic carbocycles. The van der Waals surface area contributed by atoms with Crippen molar-refractivity contribution in [1.29, 1.82) is 0 Å². The summed E-state index contributed by atoms with van der Waals surface area (Å²) in [7, 11) is -0.946. The van der Waals surface area contributed by atoms with E-state index in [9.17, 15) is 8.42 Å². The predicted molar refractivity (Wildman–Crippen MR) is 91.1 cm³/mol. The van der Waals surface area contributed by atoms with Crippen molar-refractivity contribution in [2.24, 2.45) is 0 Å². The fourth-order valence-corrected chi connectivity index (χ4v) is 4.22. The first-order chi connectivity index (χ1) is 9.96. The number of nitrogens with one attached hydrogen (secondary N) is 1. The van der Waals surface area contributed by atoms with Gasteiger partial charge in [0.2, 0.25) is 0 Å². The highest BCUT2D eigenvalue weighted by molar-refractivity contribution is 8.00. The third-order valence-corrected chi connectivity index (χ3v) is 5.25. The Bertz CT molecular complexity index is 500. The van der Waals surface area contributed by atoms with Gasteiger partial charge in [0.05, 0.1) is 12.4 Å². The Morgan fingerprint density at radius 3 is 2.48 bits per heavy atom. The van der Waals surface area contributed by atoms with E-state index in [1.54, 1.807) is 11.8 Å². The summed E-state index contributed by atoms with van der Waals surface area (Å²) in [6.45, 7) is 2.81. The van der Waals surface area contributed by atoms with Crippen LogP contribution in [-0.4, -0.2) is 45.6 Å². The quantitative estimate of drug-likeness (QED) is 0.668. The molecule has 1 N–H and O–H groups in total. The lowest BCUT2D eigenvalue weighted by molar-refractivity contribution is 0.317. The van der Waals surface area contributed by atoms with E-state index in [4.69, 9.17) is 4.74 Å². The van der Waals surface area contributed by atoms with Crippen molar-refractivity contribution >= 4 is 21.6 Å². The second-order valence-corrected chi connectivity index (χ2v) is 8.37. The average molecular weight is 332 g/mol. The Balaban J connectivity index is 2.47. The number of benzene rings is 1. The summed E-state index contributed by atoms with van der Waals surface area (Å²) in [6.07, 6.45) is 2.27. The van der Waals surface area contributed by atoms with Crippen LogP contribution in [0.5, 0.6) is 5.75 Å². The van der Waals surface area contributed by atoms with Gasteiger partial charge in [-0.3, -0.25) is 0 Å². The minimum absolute atomic E-state index is 0.217. The van der Waals surface area contributed by atoms with Gasteiger partial charge in [0.15, 0.2) is 0 Å². The Hall–Kier alpha value is -0.720. The van der Waals surface area contributed by atoms with Crippen molar-refractivity contribution in [3.63, 3.8) is 0 Å². The molecule has 1 atom stereocenters. The van der Waals surface area contributed by atoms with Crippen LogP contribution in [0.1, 0.15) is 24.9 Å². The van der Waals surface area contributed by atoms with E-state index in [0.29, 0.717) is 5.75 Å². The van der Waals surface area contributed by atoms with Crippen LogP contribution in [0.2, 0.25) is 0 Å². The number of hydrogen-bond acceptors (Lipinski definition) is 5. The monoisotopic (exact) mass is 331 g/mol. The molecule has 0 amide bonds. The van der Waals surface area contributed by atoms with Gasteiger partial charge in [-0.2, -0.15) is 11.8 Å². The highest BCUT2D eigenvalue weighted by Gasteiger charge is 2.10. The minimum atomic E-state index is -2.87. The van der Waals surface area contributed by atoms with Gasteiger partial charge in [0.1, 0.15) is 15.6 Å². The van der Waals surface area contributed by atoms with E-state index in [2.05, 4.69) is 24.4 Å². The van der Waals surface area contributed by atoms with Crippen molar-refractivity contribution in [3.05, 3.63) is 29.8 Å². The molecule has 6 heteroatoms. The first-order valence-corrected chi connectivity index (χ1v) is 10.3. The Labute approximate surface area is 132 Å². The summed E-state index contributed by atoms with van der Waals surface area (Å²) in [4.78, 5) is 0. The average Bonchev–Trinajstić information content (AvgIpc) is 2.45. The van der Waals surface area contributed by atoms with Crippen molar-refractivity contribution in [2.45, 2.75) is 19.4 Å². The van der Waals surface area contributed by atoms with Gasteiger partial charge in [0, 0.05) is 23.8 Å². The molecule has 0 aliphatic heterocycles. The molecular weight excluding hydrogens is 306 g/mol. The van der Waals surface area contributed by atoms with Gasteiger partial charge in [0.25, 0.3) is 0 Å². The van der Waals surface area contributed by atoms with E-state index in [1.807, 2.05) is 19.2 Å². The number of sulfone groups is 1. The zero-order chi connectivity index (χ0) is 15.7. The lowest BCUT2D eigenvalue weighted by Gasteiger charge is -2.16. The number of thioether (sulfide) groups is 1. The molecule has 0 aromatic heterocycles. The van der Waals surface area contributed by atoms with Crippen LogP contribution in [0.3, 0.4) is 0 Å². The van der Waals surface area contributed by atoms with Gasteiger partial charge in [-0.15, -0.1) is 0 Å². The molecule has 0 aliphatic rings. The number of rotatable bonds is 10. The first kappa shape index (κ1) is 18.3. The topological polar surface area (TPSA) is 55.4 Å². The standard InChI is InChI=1S/C15H25NO3S2/c1-4-9-19-14-7-5-13(6-8-14)15(16-2)12-20-10-11-21(3,17)18/h5-8,15-16H,4,9-12H2,1-3H3. The lowest BCUT2D eigenvalue weighted by atomic mass is 10.1. The molecule has 0 fully saturated rings. The van der Waals surface area contributed by atoms with Crippen molar-refractivity contribution < 1.29 is 13.2 Å². The van der Waals surface area contributed by atoms with Crippen LogP contribution in [0.15, 0.2) is 24.3 Å². The van der Waals surface area contributed by atoms with Crippen LogP contribution in [-0.2, 0) is 9.84 Å². The van der Waals surface area contributed by atoms with Crippen LogP contribution < -0.4 is 10.1 Å². The first-order valence-electron chi connectivity index (χ1n) is 7.11. The fraction of sp³-hybridized carbons (Fsp3) is 0.600. The van der Waals surface area contributed by atoms with Crippen LogP contribution >= 0.6 is 11.8 Å². The summed E-state index contributed by atoms with van der Waals surface area (Å²) in [6, 6.07) is 8.30. The largest absolute Gasteiger partial charge is 0.494 e. The second-order valence-electron chi connectivity index (χ2n) is 4.96. The maximum atomic E-state index is 11.1. The predicted octanol–water partition coefficient (Wildman–Crippen LogP) is 2.51. The fourth-order valence-electron chi connectivity index (χ4n) is 1.77. The number of hydrogen-bond donors (Lipinski definition) is 1. The molecule has 1 rings (SSSR count). The van der Waals surface area contributed by atoms with Crippen molar-refractivity contribution in [1.82, 2.24) is 5.32 Å². The molecule has 1 unspecified atom stereocenters. The Kier molecular flexibility index (Phi) is 8.14. The molecule has 4 nitrogen and oxygen atoms in total. The molecular formula is C15H25NO3S2. The van der Waals surface area contributed by atoms with E-state index in [1.165, 1.54) is 11.8 Å². The normalized spacial score (nSPS) is 13.1.